The van der Waals surface area contributed by atoms with Crippen molar-refractivity contribution in [1.29, 1.82) is 0 Å². The molecule has 11 aromatic rings. The Morgan fingerprint density at radius 1 is 0.438 bits per heavy atom. The number of hydrogen-bond acceptors (Lipinski definition) is 4. The Hall–Kier alpha value is -8.38. The molecule has 1 aliphatic carbocycles. The fourth-order valence-corrected chi connectivity index (χ4v) is 16.5. The minimum Gasteiger partial charge on any atom is -0.311 e. The van der Waals surface area contributed by atoms with E-state index in [0.29, 0.717) is 11.8 Å². The van der Waals surface area contributed by atoms with Crippen molar-refractivity contribution in [3.8, 4) is 33.4 Å². The second kappa shape index (κ2) is 21.1. The first-order valence-electron chi connectivity index (χ1n) is 32.3. The zero-order valence-corrected chi connectivity index (χ0v) is 55.7. The van der Waals surface area contributed by atoms with Gasteiger partial charge in [-0.2, -0.15) is 0 Å². The first-order valence-corrected chi connectivity index (χ1v) is 33.2. The molecule has 0 bridgehead atoms. The van der Waals surface area contributed by atoms with Gasteiger partial charge in [-0.15, -0.1) is 11.3 Å². The lowest BCUT2D eigenvalue weighted by molar-refractivity contribution is 0.145. The van der Waals surface area contributed by atoms with E-state index in [1.165, 1.54) is 115 Å². The summed E-state index contributed by atoms with van der Waals surface area (Å²) < 4.78 is 2.64. The van der Waals surface area contributed by atoms with E-state index in [1.54, 1.807) is 0 Å². The normalized spacial score (nSPS) is 16.6. The topological polar surface area (TPSA) is 9.72 Å². The standard InChI is InChI=1S/C84H84BN3S/c1-53-54(2)84(14,15)76-67(83(53,12)13)45-48-70(75(76)57-30-23-18-24-31-57)88-72-33-25-32-71-77(72)85(79-78(87(71)63-42-37-60(38-43-63)81(6,7)8)66-50-58(34-49-74(66)89-79)55-26-19-16-20-27-55)68-46-44-64(52-73(68)88)86(62-40-35-59(36-41-62)80(3,4)5)69-47-39-61(82(9,10)11)51-65(69)56-28-21-17-22-29-56/h16-54H,1-15H3. The van der Waals surface area contributed by atoms with E-state index in [2.05, 4.69) is 343 Å². The molecule has 0 N–H and O–H groups in total. The summed E-state index contributed by atoms with van der Waals surface area (Å²) in [5.41, 5.74) is 27.1. The molecule has 14 rings (SSSR count). The molecule has 0 spiro atoms. The Morgan fingerprint density at radius 2 is 0.989 bits per heavy atom. The van der Waals surface area contributed by atoms with Gasteiger partial charge in [0.1, 0.15) is 0 Å². The average Bonchev–Trinajstić information content (AvgIpc) is 1.67. The number of thiophene rings is 1. The van der Waals surface area contributed by atoms with E-state index in [9.17, 15) is 0 Å². The lowest BCUT2D eigenvalue weighted by Crippen LogP contribution is -2.60. The maximum atomic E-state index is 2.71. The summed E-state index contributed by atoms with van der Waals surface area (Å²) in [4.78, 5) is 7.87. The molecular weight excluding hydrogens is 1090 g/mol. The smallest absolute Gasteiger partial charge is 0.264 e. The van der Waals surface area contributed by atoms with Gasteiger partial charge in [-0.1, -0.05) is 249 Å². The number of benzene rings is 10. The maximum absolute atomic E-state index is 2.71. The molecule has 2 unspecified atom stereocenters. The van der Waals surface area contributed by atoms with Crippen molar-refractivity contribution in [2.45, 2.75) is 131 Å². The van der Waals surface area contributed by atoms with Gasteiger partial charge in [0.25, 0.3) is 6.71 Å². The molecule has 1 aromatic heterocycles. The molecule has 5 heteroatoms. The molecule has 0 saturated heterocycles. The van der Waals surface area contributed by atoms with Crippen LogP contribution in [0.5, 0.6) is 0 Å². The van der Waals surface area contributed by atoms with Gasteiger partial charge in [-0.25, -0.2) is 0 Å². The summed E-state index contributed by atoms with van der Waals surface area (Å²) in [6, 6.07) is 86.3. The summed E-state index contributed by atoms with van der Waals surface area (Å²) in [6.07, 6.45) is 0. The molecule has 2 aliphatic heterocycles. The van der Waals surface area contributed by atoms with Gasteiger partial charge in [0.05, 0.1) is 17.1 Å². The van der Waals surface area contributed by atoms with E-state index in [0.717, 1.165) is 22.7 Å². The fourth-order valence-electron chi connectivity index (χ4n) is 15.2. The van der Waals surface area contributed by atoms with Gasteiger partial charge in [-0.05, 0) is 179 Å². The third-order valence-corrected chi connectivity index (χ3v) is 22.2. The molecule has 0 fully saturated rings. The van der Waals surface area contributed by atoms with Crippen LogP contribution in [0.3, 0.4) is 0 Å². The van der Waals surface area contributed by atoms with E-state index >= 15 is 0 Å². The van der Waals surface area contributed by atoms with Gasteiger partial charge < -0.3 is 14.7 Å². The molecule has 3 nitrogen and oxygen atoms in total. The molecule has 10 aromatic carbocycles. The molecule has 444 valence electrons. The van der Waals surface area contributed by atoms with Gasteiger partial charge >= 0.3 is 0 Å². The van der Waals surface area contributed by atoms with Crippen molar-refractivity contribution in [2.75, 3.05) is 14.7 Å². The molecule has 2 atom stereocenters. The van der Waals surface area contributed by atoms with Crippen molar-refractivity contribution in [2.24, 2.45) is 11.8 Å². The van der Waals surface area contributed by atoms with Crippen LogP contribution in [0.2, 0.25) is 0 Å². The van der Waals surface area contributed by atoms with Crippen LogP contribution in [0.15, 0.2) is 224 Å². The Balaban J connectivity index is 1.10. The van der Waals surface area contributed by atoms with Crippen LogP contribution in [-0.2, 0) is 27.1 Å². The van der Waals surface area contributed by atoms with E-state index in [4.69, 9.17) is 0 Å². The number of anilines is 9. The van der Waals surface area contributed by atoms with Gasteiger partial charge in [0.15, 0.2) is 0 Å². The SMILES string of the molecule is CC1C(C)C(C)(C)c2c(ccc(N3c4cc(N(c5ccc(C(C)(C)C)cc5)c5ccc(C(C)(C)C)cc5-c5ccccc5)ccc4B4c5sc6ccc(-c7ccccc7)cc6c5N(c5ccc(C(C)(C)C)cc5)c5cccc3c54)c2-c2ccccc2)C1(C)C. The Morgan fingerprint density at radius 3 is 1.61 bits per heavy atom. The van der Waals surface area contributed by atoms with Crippen LogP contribution < -0.4 is 30.4 Å². The minimum atomic E-state index is -0.158. The van der Waals surface area contributed by atoms with Crippen LogP contribution >= 0.6 is 11.3 Å². The monoisotopic (exact) mass is 1180 g/mol. The first-order chi connectivity index (χ1) is 42.4. The lowest BCUT2D eigenvalue weighted by atomic mass is 9.36. The third-order valence-electron chi connectivity index (χ3n) is 21.0. The summed E-state index contributed by atoms with van der Waals surface area (Å²) in [6.45, 7) is 35.8. The van der Waals surface area contributed by atoms with Crippen molar-refractivity contribution in [3.05, 3.63) is 252 Å². The van der Waals surface area contributed by atoms with E-state index in [1.807, 2.05) is 11.3 Å². The van der Waals surface area contributed by atoms with Crippen LogP contribution in [0.1, 0.15) is 132 Å². The predicted octanol–water partition coefficient (Wildman–Crippen LogP) is 22.2. The highest BCUT2D eigenvalue weighted by molar-refractivity contribution is 7.33. The van der Waals surface area contributed by atoms with Crippen molar-refractivity contribution >= 4 is 95.0 Å². The average molecular weight is 1180 g/mol. The Kier molecular flexibility index (Phi) is 13.8. The van der Waals surface area contributed by atoms with Crippen molar-refractivity contribution in [3.63, 3.8) is 0 Å². The van der Waals surface area contributed by atoms with Crippen molar-refractivity contribution < 1.29 is 0 Å². The highest BCUT2D eigenvalue weighted by Crippen LogP contribution is 2.59. The number of rotatable bonds is 8. The van der Waals surface area contributed by atoms with Gasteiger partial charge in [0, 0.05) is 60.1 Å². The number of fused-ring (bicyclic) bond motifs is 7. The molecule has 0 saturated carbocycles. The quantitative estimate of drug-likeness (QED) is 0.140. The molecular formula is C84H84BN3S. The van der Waals surface area contributed by atoms with Crippen molar-refractivity contribution in [1.82, 2.24) is 0 Å². The highest BCUT2D eigenvalue weighted by Gasteiger charge is 2.51. The maximum Gasteiger partial charge on any atom is 0.264 e. The molecule has 0 amide bonds. The van der Waals surface area contributed by atoms with Gasteiger partial charge in [-0.3, -0.25) is 0 Å². The fraction of sp³-hybridized carbons (Fsp3) is 0.262. The van der Waals surface area contributed by atoms with Crippen LogP contribution in [0.25, 0.3) is 43.5 Å². The number of hydrogen-bond donors (Lipinski definition) is 0. The Labute approximate surface area is 534 Å². The summed E-state index contributed by atoms with van der Waals surface area (Å²) in [5.74, 6) is 0.870. The highest BCUT2D eigenvalue weighted by atomic mass is 32.1. The van der Waals surface area contributed by atoms with Gasteiger partial charge in [0.2, 0.25) is 0 Å². The first kappa shape index (κ1) is 58.3. The molecule has 3 aliphatic rings. The third kappa shape index (κ3) is 9.59. The minimum absolute atomic E-state index is 0.000717. The second-order valence-electron chi connectivity index (χ2n) is 30.0. The number of nitrogens with zero attached hydrogens (tertiary/aromatic N) is 3. The molecule has 0 radical (unpaired) electrons. The molecule has 89 heavy (non-hydrogen) atoms. The van der Waals surface area contributed by atoms with E-state index in [-0.39, 0.29) is 33.8 Å². The predicted molar refractivity (Wildman–Crippen MR) is 387 cm³/mol. The largest absolute Gasteiger partial charge is 0.311 e. The second-order valence-corrected chi connectivity index (χ2v) is 31.1. The zero-order chi connectivity index (χ0) is 62.3. The molecule has 3 heterocycles. The Bertz CT molecular complexity index is 4520. The summed E-state index contributed by atoms with van der Waals surface area (Å²) in [7, 11) is 0. The zero-order valence-electron chi connectivity index (χ0n) is 54.8. The lowest BCUT2D eigenvalue weighted by Gasteiger charge is -2.53. The van der Waals surface area contributed by atoms with E-state index < -0.39 is 0 Å². The van der Waals surface area contributed by atoms with Crippen LogP contribution in [0, 0.1) is 11.8 Å². The van der Waals surface area contributed by atoms with Crippen LogP contribution in [-0.4, -0.2) is 6.71 Å². The summed E-state index contributed by atoms with van der Waals surface area (Å²) in [5, 5.41) is 1.27. The summed E-state index contributed by atoms with van der Waals surface area (Å²) >= 11 is 1.97. The van der Waals surface area contributed by atoms with Crippen LogP contribution in [0.4, 0.5) is 51.2 Å².